The van der Waals surface area contributed by atoms with Gasteiger partial charge in [0.15, 0.2) is 0 Å². The van der Waals surface area contributed by atoms with Gasteiger partial charge in [0.05, 0.1) is 29.7 Å². The van der Waals surface area contributed by atoms with Crippen molar-refractivity contribution in [3.63, 3.8) is 0 Å². The fourth-order valence-electron chi connectivity index (χ4n) is 4.34. The molecule has 0 aliphatic carbocycles. The maximum Gasteiger partial charge on any atom is 0.338 e. The molecular weight excluding hydrogens is 438 g/mol. The van der Waals surface area contributed by atoms with Crippen LogP contribution in [0.3, 0.4) is 0 Å². The van der Waals surface area contributed by atoms with Crippen LogP contribution in [0.2, 0.25) is 0 Å². The first kappa shape index (κ1) is 22.6. The van der Waals surface area contributed by atoms with E-state index in [1.807, 2.05) is 69.3 Å². The first-order valence-corrected chi connectivity index (χ1v) is 11.7. The molecular formula is C29H27N3O3. The molecule has 6 heteroatoms. The minimum atomic E-state index is -0.316. The Bertz CT molecular complexity index is 1530. The second kappa shape index (κ2) is 9.22. The lowest BCUT2D eigenvalue weighted by molar-refractivity contribution is 0.0526. The number of carbonyl (C=O) groups excluding carboxylic acids is 1. The standard InChI is InChI=1S/C29H27N3O3/c1-5-34-29(33)23-13-9-12-22(15-23)24-14-18(2)27-26(16-24)32(20(4)30-27)17-25-19(3)35-28(31-25)21-10-7-6-8-11-21/h6-16H,5,17H2,1-4H3. The molecule has 176 valence electrons. The SMILES string of the molecule is CCOC(=O)c1cccc(-c2cc(C)c3nc(C)n(Cc4nc(-c5ccccc5)oc4C)c3c2)c1. The van der Waals surface area contributed by atoms with Crippen LogP contribution < -0.4 is 0 Å². The summed E-state index contributed by atoms with van der Waals surface area (Å²) < 4.78 is 13.3. The molecule has 0 radical (unpaired) electrons. The highest BCUT2D eigenvalue weighted by atomic mass is 16.5. The van der Waals surface area contributed by atoms with Gasteiger partial charge in [-0.1, -0.05) is 30.3 Å². The van der Waals surface area contributed by atoms with E-state index in [4.69, 9.17) is 19.1 Å². The summed E-state index contributed by atoms with van der Waals surface area (Å²) in [5.41, 5.74) is 7.38. The van der Waals surface area contributed by atoms with Crippen LogP contribution in [-0.4, -0.2) is 27.1 Å². The van der Waals surface area contributed by atoms with Gasteiger partial charge in [-0.25, -0.2) is 14.8 Å². The van der Waals surface area contributed by atoms with Gasteiger partial charge < -0.3 is 13.7 Å². The fourth-order valence-corrected chi connectivity index (χ4v) is 4.34. The van der Waals surface area contributed by atoms with Crippen molar-refractivity contribution < 1.29 is 13.9 Å². The summed E-state index contributed by atoms with van der Waals surface area (Å²) in [5.74, 6) is 2.00. The molecule has 0 aliphatic rings. The van der Waals surface area contributed by atoms with Crippen molar-refractivity contribution in [3.8, 4) is 22.6 Å². The number of carbonyl (C=O) groups is 1. The van der Waals surface area contributed by atoms with E-state index in [0.717, 1.165) is 50.6 Å². The highest BCUT2D eigenvalue weighted by Crippen LogP contribution is 2.30. The van der Waals surface area contributed by atoms with E-state index in [1.54, 1.807) is 6.07 Å². The van der Waals surface area contributed by atoms with Crippen molar-refractivity contribution in [2.24, 2.45) is 0 Å². The number of aryl methyl sites for hydroxylation is 3. The third kappa shape index (κ3) is 4.35. The molecule has 5 rings (SSSR count). The number of hydrogen-bond donors (Lipinski definition) is 0. The minimum Gasteiger partial charge on any atom is -0.462 e. The summed E-state index contributed by atoms with van der Waals surface area (Å²) >= 11 is 0. The number of fused-ring (bicyclic) bond motifs is 1. The van der Waals surface area contributed by atoms with Crippen molar-refractivity contribution in [2.75, 3.05) is 6.61 Å². The van der Waals surface area contributed by atoms with Crippen molar-refractivity contribution in [1.82, 2.24) is 14.5 Å². The summed E-state index contributed by atoms with van der Waals surface area (Å²) in [6.45, 7) is 8.72. The van der Waals surface area contributed by atoms with Crippen LogP contribution in [0.15, 0.2) is 71.1 Å². The van der Waals surface area contributed by atoms with Gasteiger partial charge in [0.2, 0.25) is 5.89 Å². The second-order valence-electron chi connectivity index (χ2n) is 8.60. The maximum atomic E-state index is 12.3. The predicted molar refractivity (Wildman–Crippen MR) is 136 cm³/mol. The van der Waals surface area contributed by atoms with E-state index < -0.39 is 0 Å². The van der Waals surface area contributed by atoms with E-state index >= 15 is 0 Å². The zero-order valence-corrected chi connectivity index (χ0v) is 20.3. The summed E-state index contributed by atoms with van der Waals surface area (Å²) in [5, 5.41) is 0. The third-order valence-corrected chi connectivity index (χ3v) is 6.16. The lowest BCUT2D eigenvalue weighted by atomic mass is 10.0. The average Bonchev–Trinajstić information content (AvgIpc) is 3.40. The van der Waals surface area contributed by atoms with Gasteiger partial charge in [0, 0.05) is 5.56 Å². The Hall–Kier alpha value is -4.19. The number of nitrogens with zero attached hydrogens (tertiary/aromatic N) is 3. The molecule has 2 aromatic heterocycles. The molecule has 0 atom stereocenters. The van der Waals surface area contributed by atoms with Crippen LogP contribution in [0.4, 0.5) is 0 Å². The maximum absolute atomic E-state index is 12.3. The number of imidazole rings is 1. The van der Waals surface area contributed by atoms with Crippen LogP contribution in [0.5, 0.6) is 0 Å². The average molecular weight is 466 g/mol. The zero-order chi connectivity index (χ0) is 24.5. The first-order chi connectivity index (χ1) is 16.9. The molecule has 0 aliphatic heterocycles. The predicted octanol–water partition coefficient (Wildman–Crippen LogP) is 6.51. The van der Waals surface area contributed by atoms with Gasteiger partial charge in [-0.05, 0) is 80.8 Å². The molecule has 35 heavy (non-hydrogen) atoms. The normalized spacial score (nSPS) is 11.2. The molecule has 2 heterocycles. The Kier molecular flexibility index (Phi) is 5.95. The summed E-state index contributed by atoms with van der Waals surface area (Å²) in [6, 6.07) is 21.7. The fraction of sp³-hybridized carbons (Fsp3) is 0.207. The summed E-state index contributed by atoms with van der Waals surface area (Å²) in [7, 11) is 0. The number of ether oxygens (including phenoxy) is 1. The van der Waals surface area contributed by atoms with Crippen molar-refractivity contribution in [1.29, 1.82) is 0 Å². The van der Waals surface area contributed by atoms with E-state index in [-0.39, 0.29) is 5.97 Å². The second-order valence-corrected chi connectivity index (χ2v) is 8.60. The van der Waals surface area contributed by atoms with E-state index in [2.05, 4.69) is 23.6 Å². The lowest BCUT2D eigenvalue weighted by Gasteiger charge is -2.09. The molecule has 0 amide bonds. The summed E-state index contributed by atoms with van der Waals surface area (Å²) in [6.07, 6.45) is 0. The number of esters is 1. The van der Waals surface area contributed by atoms with Crippen LogP contribution in [0.25, 0.3) is 33.6 Å². The smallest absolute Gasteiger partial charge is 0.338 e. The monoisotopic (exact) mass is 465 g/mol. The Labute approximate surface area is 204 Å². The van der Waals surface area contributed by atoms with Crippen LogP contribution >= 0.6 is 0 Å². The van der Waals surface area contributed by atoms with Crippen molar-refractivity contribution in [3.05, 3.63) is 95.1 Å². The number of hydrogen-bond acceptors (Lipinski definition) is 5. The molecule has 0 saturated carbocycles. The first-order valence-electron chi connectivity index (χ1n) is 11.7. The molecule has 3 aromatic carbocycles. The van der Waals surface area contributed by atoms with Gasteiger partial charge in [-0.15, -0.1) is 0 Å². The van der Waals surface area contributed by atoms with E-state index in [9.17, 15) is 4.79 Å². The molecule has 5 aromatic rings. The highest BCUT2D eigenvalue weighted by Gasteiger charge is 2.17. The van der Waals surface area contributed by atoms with Crippen molar-refractivity contribution >= 4 is 17.0 Å². The van der Waals surface area contributed by atoms with Gasteiger partial charge in [-0.2, -0.15) is 0 Å². The number of oxazole rings is 1. The highest BCUT2D eigenvalue weighted by molar-refractivity contribution is 5.92. The third-order valence-electron chi connectivity index (χ3n) is 6.16. The van der Waals surface area contributed by atoms with Gasteiger partial charge in [0.1, 0.15) is 17.3 Å². The quantitative estimate of drug-likeness (QED) is 0.267. The van der Waals surface area contributed by atoms with Crippen LogP contribution in [0.1, 0.15) is 40.1 Å². The minimum absolute atomic E-state index is 0.316. The summed E-state index contributed by atoms with van der Waals surface area (Å²) in [4.78, 5) is 21.9. The molecule has 6 nitrogen and oxygen atoms in total. The molecule has 0 fully saturated rings. The molecule has 0 spiro atoms. The number of aromatic nitrogens is 3. The topological polar surface area (TPSA) is 70.2 Å². The molecule has 0 saturated heterocycles. The Balaban J connectivity index is 1.55. The van der Waals surface area contributed by atoms with Crippen LogP contribution in [0, 0.1) is 20.8 Å². The molecule has 0 bridgehead atoms. The number of rotatable bonds is 6. The van der Waals surface area contributed by atoms with Crippen molar-refractivity contribution in [2.45, 2.75) is 34.2 Å². The largest absolute Gasteiger partial charge is 0.462 e. The zero-order valence-electron chi connectivity index (χ0n) is 20.3. The molecule has 0 N–H and O–H groups in total. The Morgan fingerprint density at radius 2 is 1.69 bits per heavy atom. The number of benzene rings is 3. The van der Waals surface area contributed by atoms with E-state index in [0.29, 0.717) is 24.6 Å². The van der Waals surface area contributed by atoms with Gasteiger partial charge in [0.25, 0.3) is 0 Å². The Morgan fingerprint density at radius 1 is 0.914 bits per heavy atom. The van der Waals surface area contributed by atoms with Gasteiger partial charge in [-0.3, -0.25) is 0 Å². The van der Waals surface area contributed by atoms with Crippen LogP contribution in [-0.2, 0) is 11.3 Å². The van der Waals surface area contributed by atoms with Gasteiger partial charge >= 0.3 is 5.97 Å². The molecule has 0 unspecified atom stereocenters. The van der Waals surface area contributed by atoms with E-state index in [1.165, 1.54) is 0 Å². The lowest BCUT2D eigenvalue weighted by Crippen LogP contribution is -2.04. The Morgan fingerprint density at radius 3 is 2.46 bits per heavy atom.